The summed E-state index contributed by atoms with van der Waals surface area (Å²) in [6.45, 7) is 6.45. The quantitative estimate of drug-likeness (QED) is 0.526. The average Bonchev–Trinajstić information content (AvgIpc) is 2.14. The molecule has 0 amide bonds. The Morgan fingerprint density at radius 1 is 1.88 bits per heavy atom. The molecule has 0 aromatic carbocycles. The molecule has 0 atom stereocenters. The first-order valence-corrected chi connectivity index (χ1v) is 2.61. The molecule has 43 valence electrons. The second-order valence-corrected chi connectivity index (χ2v) is 1.67. The Hall–Kier alpha value is -0.790. The van der Waals surface area contributed by atoms with Gasteiger partial charge in [-0.1, -0.05) is 0 Å². The van der Waals surface area contributed by atoms with E-state index in [0.717, 1.165) is 12.4 Å². The van der Waals surface area contributed by atoms with Crippen molar-refractivity contribution >= 4 is 0 Å². The molecule has 1 rings (SSSR count). The van der Waals surface area contributed by atoms with Crippen molar-refractivity contribution in [2.45, 2.75) is 13.5 Å². The van der Waals surface area contributed by atoms with Crippen LogP contribution in [0.2, 0.25) is 0 Å². The van der Waals surface area contributed by atoms with Crippen LogP contribution in [0, 0.1) is 13.8 Å². The van der Waals surface area contributed by atoms with Gasteiger partial charge in [0.15, 0.2) is 0 Å². The lowest BCUT2D eigenvalue weighted by molar-refractivity contribution is 0.778. The van der Waals surface area contributed by atoms with Gasteiger partial charge < -0.3 is 4.57 Å². The van der Waals surface area contributed by atoms with Crippen molar-refractivity contribution in [3.05, 3.63) is 25.1 Å². The number of aryl methyl sites for hydroxylation is 1. The molecular weight excluding hydrogens is 100 g/mol. The molecule has 0 aliphatic heterocycles. The van der Waals surface area contributed by atoms with Crippen LogP contribution in [-0.4, -0.2) is 9.55 Å². The van der Waals surface area contributed by atoms with Crippen LogP contribution in [0.5, 0.6) is 0 Å². The molecule has 0 saturated carbocycles. The molecule has 0 saturated heterocycles. The zero-order valence-electron chi connectivity index (χ0n) is 4.96. The number of hydrogen-bond acceptors (Lipinski definition) is 1. The number of nitrogens with zero attached hydrogens (tertiary/aromatic N) is 2. The maximum atomic E-state index is 4.01. The van der Waals surface area contributed by atoms with Gasteiger partial charge in [-0.05, 0) is 13.8 Å². The van der Waals surface area contributed by atoms with Crippen molar-refractivity contribution in [3.63, 3.8) is 0 Å². The summed E-state index contributed by atoms with van der Waals surface area (Å²) in [5, 5.41) is 0. The molecule has 0 unspecified atom stereocenters. The lowest BCUT2D eigenvalue weighted by Crippen LogP contribution is -1.93. The molecule has 1 heterocycles. The lowest BCUT2D eigenvalue weighted by atomic mass is 10.6. The Kier molecular flexibility index (Phi) is 1.33. The summed E-state index contributed by atoms with van der Waals surface area (Å²) < 4.78 is 1.99. The third-order valence-electron chi connectivity index (χ3n) is 1.16. The Labute approximate surface area is 49.2 Å². The molecule has 0 aliphatic rings. The molecule has 1 radical (unpaired) electrons. The molecule has 0 aliphatic carbocycles. The second-order valence-electron chi connectivity index (χ2n) is 1.67. The fraction of sp³-hybridized carbons (Fsp3) is 0.333. The zero-order valence-corrected chi connectivity index (χ0v) is 4.96. The van der Waals surface area contributed by atoms with E-state index in [4.69, 9.17) is 0 Å². The number of rotatable bonds is 1. The first kappa shape index (κ1) is 5.35. The summed E-state index contributed by atoms with van der Waals surface area (Å²) in [5.41, 5.74) is 0. The van der Waals surface area contributed by atoms with Gasteiger partial charge in [-0.25, -0.2) is 4.98 Å². The van der Waals surface area contributed by atoms with Gasteiger partial charge in [0.2, 0.25) is 0 Å². The van der Waals surface area contributed by atoms with Gasteiger partial charge in [-0.3, -0.25) is 0 Å². The van der Waals surface area contributed by atoms with E-state index in [1.54, 1.807) is 6.20 Å². The van der Waals surface area contributed by atoms with Crippen LogP contribution >= 0.6 is 0 Å². The minimum absolute atomic E-state index is 0.770. The van der Waals surface area contributed by atoms with Crippen molar-refractivity contribution in [2.75, 3.05) is 0 Å². The highest BCUT2D eigenvalue weighted by molar-refractivity contribution is 4.88. The van der Waals surface area contributed by atoms with E-state index in [1.807, 2.05) is 17.7 Å². The van der Waals surface area contributed by atoms with Crippen LogP contribution in [0.15, 0.2) is 12.4 Å². The average molecular weight is 109 g/mol. The number of aromatic nitrogens is 2. The van der Waals surface area contributed by atoms with Crippen LogP contribution in [0.1, 0.15) is 5.82 Å². The predicted molar refractivity (Wildman–Crippen MR) is 32.3 cm³/mol. The van der Waals surface area contributed by atoms with E-state index in [9.17, 15) is 0 Å². The van der Waals surface area contributed by atoms with Gasteiger partial charge in [0.25, 0.3) is 0 Å². The van der Waals surface area contributed by atoms with E-state index >= 15 is 0 Å². The van der Waals surface area contributed by atoms with Gasteiger partial charge >= 0.3 is 0 Å². The number of hydrogen-bond donors (Lipinski definition) is 0. The maximum absolute atomic E-state index is 4.01. The zero-order chi connectivity index (χ0) is 5.98. The van der Waals surface area contributed by atoms with Gasteiger partial charge in [-0.15, -0.1) is 0 Å². The fourth-order valence-electron chi connectivity index (χ4n) is 0.640. The van der Waals surface area contributed by atoms with E-state index < -0.39 is 0 Å². The van der Waals surface area contributed by atoms with Crippen molar-refractivity contribution < 1.29 is 0 Å². The Balaban J connectivity index is 2.92. The van der Waals surface area contributed by atoms with Crippen molar-refractivity contribution in [1.82, 2.24) is 9.55 Å². The van der Waals surface area contributed by atoms with Gasteiger partial charge in [-0.2, -0.15) is 0 Å². The van der Waals surface area contributed by atoms with Gasteiger partial charge in [0.05, 0.1) is 0 Å². The Morgan fingerprint density at radius 3 is 2.88 bits per heavy atom. The molecule has 0 bridgehead atoms. The summed E-state index contributed by atoms with van der Waals surface area (Å²) >= 11 is 0. The molecule has 1 aromatic rings. The van der Waals surface area contributed by atoms with Crippen LogP contribution in [0.4, 0.5) is 0 Å². The third-order valence-corrected chi connectivity index (χ3v) is 1.16. The minimum atomic E-state index is 0.770. The maximum Gasteiger partial charge on any atom is 0.105 e. The molecule has 2 nitrogen and oxygen atoms in total. The smallest absolute Gasteiger partial charge is 0.105 e. The minimum Gasteiger partial charge on any atom is -0.335 e. The topological polar surface area (TPSA) is 17.8 Å². The molecular formula is C6H9N2. The third kappa shape index (κ3) is 0.735. The summed E-state index contributed by atoms with van der Waals surface area (Å²) in [5.74, 6) is 1.03. The first-order chi connectivity index (χ1) is 3.84. The molecule has 8 heavy (non-hydrogen) atoms. The molecule has 0 fully saturated rings. The van der Waals surface area contributed by atoms with Crippen molar-refractivity contribution in [1.29, 1.82) is 0 Å². The van der Waals surface area contributed by atoms with Crippen molar-refractivity contribution in [3.8, 4) is 0 Å². The SMILES string of the molecule is [CH2]Cn1ccnc1C. The highest BCUT2D eigenvalue weighted by atomic mass is 15.0. The van der Waals surface area contributed by atoms with Gasteiger partial charge in [0.1, 0.15) is 5.82 Å². The summed E-state index contributed by atoms with van der Waals surface area (Å²) in [6, 6.07) is 0. The monoisotopic (exact) mass is 109 g/mol. The molecule has 0 spiro atoms. The van der Waals surface area contributed by atoms with Gasteiger partial charge in [0, 0.05) is 18.9 Å². The van der Waals surface area contributed by atoms with E-state index in [0.29, 0.717) is 0 Å². The summed E-state index contributed by atoms with van der Waals surface area (Å²) in [7, 11) is 0. The Morgan fingerprint density at radius 2 is 2.62 bits per heavy atom. The lowest BCUT2D eigenvalue weighted by Gasteiger charge is -1.95. The second kappa shape index (κ2) is 1.99. The largest absolute Gasteiger partial charge is 0.335 e. The Bertz CT molecular complexity index is 167. The first-order valence-electron chi connectivity index (χ1n) is 2.61. The standard InChI is InChI=1S/C6H9N2/c1-3-8-5-4-7-6(8)2/h4-5H,1,3H2,2H3. The molecule has 1 aromatic heterocycles. The van der Waals surface area contributed by atoms with Crippen LogP contribution < -0.4 is 0 Å². The summed E-state index contributed by atoms with van der Waals surface area (Å²) in [6.07, 6.45) is 3.70. The highest BCUT2D eigenvalue weighted by Crippen LogP contribution is 1.91. The normalized spacial score (nSPS) is 9.75. The highest BCUT2D eigenvalue weighted by Gasteiger charge is 1.88. The van der Waals surface area contributed by atoms with Crippen LogP contribution in [-0.2, 0) is 6.54 Å². The van der Waals surface area contributed by atoms with E-state index in [-0.39, 0.29) is 0 Å². The van der Waals surface area contributed by atoms with E-state index in [1.165, 1.54) is 0 Å². The molecule has 2 heteroatoms. The number of imidazole rings is 1. The predicted octanol–water partition coefficient (Wildman–Crippen LogP) is 1.03. The van der Waals surface area contributed by atoms with E-state index in [2.05, 4.69) is 11.9 Å². The van der Waals surface area contributed by atoms with Crippen LogP contribution in [0.3, 0.4) is 0 Å². The van der Waals surface area contributed by atoms with Crippen LogP contribution in [0.25, 0.3) is 0 Å². The fourth-order valence-corrected chi connectivity index (χ4v) is 0.640. The summed E-state index contributed by atoms with van der Waals surface area (Å²) in [4.78, 5) is 4.01. The molecule has 0 N–H and O–H groups in total. The van der Waals surface area contributed by atoms with Crippen molar-refractivity contribution in [2.24, 2.45) is 0 Å².